The molecule has 104 valence electrons. The number of benzene rings is 1. The molecule has 0 amide bonds. The molecule has 1 aromatic heterocycles. The molecule has 0 aliphatic carbocycles. The zero-order valence-electron chi connectivity index (χ0n) is 10.3. The van der Waals surface area contributed by atoms with Crippen molar-refractivity contribution in [2.24, 2.45) is 0 Å². The van der Waals surface area contributed by atoms with Gasteiger partial charge in [0.15, 0.2) is 0 Å². The molecule has 1 aromatic carbocycles. The number of carbonyl (C=O) groups is 1. The molecule has 0 bridgehead atoms. The summed E-state index contributed by atoms with van der Waals surface area (Å²) in [5.41, 5.74) is 7.37. The summed E-state index contributed by atoms with van der Waals surface area (Å²) in [4.78, 5) is 18.7. The standard InChI is InChI=1S/C13H11Cl2N3O2/c14-12-9(6-11(19)20)13(15)18-10(17-12)5-7-1-3-8(16)4-2-7/h1-4H,5-6,16H2,(H,19,20)/p-1. The fourth-order valence-electron chi connectivity index (χ4n) is 1.66. The van der Waals surface area contributed by atoms with Crippen molar-refractivity contribution >= 4 is 34.9 Å². The Morgan fingerprint density at radius 3 is 2.20 bits per heavy atom. The average Bonchev–Trinajstić information content (AvgIpc) is 2.36. The van der Waals surface area contributed by atoms with Crippen LogP contribution in [0.4, 0.5) is 5.69 Å². The van der Waals surface area contributed by atoms with Crippen molar-refractivity contribution in [2.75, 3.05) is 5.73 Å². The summed E-state index contributed by atoms with van der Waals surface area (Å²) < 4.78 is 0. The summed E-state index contributed by atoms with van der Waals surface area (Å²) in [5, 5.41) is 10.6. The van der Waals surface area contributed by atoms with Crippen molar-refractivity contribution in [1.82, 2.24) is 9.97 Å². The molecule has 20 heavy (non-hydrogen) atoms. The van der Waals surface area contributed by atoms with Crippen molar-refractivity contribution in [3.05, 3.63) is 51.5 Å². The van der Waals surface area contributed by atoms with Crippen LogP contribution in [0.1, 0.15) is 17.0 Å². The lowest BCUT2D eigenvalue weighted by Crippen LogP contribution is -2.25. The molecule has 0 atom stereocenters. The van der Waals surface area contributed by atoms with E-state index in [1.165, 1.54) is 0 Å². The Balaban J connectivity index is 2.26. The molecule has 0 radical (unpaired) electrons. The van der Waals surface area contributed by atoms with Gasteiger partial charge in [0.2, 0.25) is 0 Å². The van der Waals surface area contributed by atoms with Crippen LogP contribution in [0.3, 0.4) is 0 Å². The summed E-state index contributed by atoms with van der Waals surface area (Å²) >= 11 is 11.8. The number of nitrogens with two attached hydrogens (primary N) is 1. The Labute approximate surface area is 125 Å². The molecule has 2 rings (SSSR count). The van der Waals surface area contributed by atoms with Crippen LogP contribution < -0.4 is 10.8 Å². The van der Waals surface area contributed by atoms with Crippen LogP contribution in [0.5, 0.6) is 0 Å². The topological polar surface area (TPSA) is 91.9 Å². The van der Waals surface area contributed by atoms with Crippen LogP contribution >= 0.6 is 23.2 Å². The summed E-state index contributed by atoms with van der Waals surface area (Å²) in [6, 6.07) is 7.22. The van der Waals surface area contributed by atoms with Gasteiger partial charge in [0, 0.05) is 30.1 Å². The van der Waals surface area contributed by atoms with Gasteiger partial charge in [0.1, 0.15) is 16.1 Å². The number of nitrogens with zero attached hydrogens (tertiary/aromatic N) is 2. The molecule has 0 aliphatic heterocycles. The van der Waals surface area contributed by atoms with Crippen LogP contribution in [0.25, 0.3) is 0 Å². The second-order valence-corrected chi connectivity index (χ2v) is 4.88. The number of hydrogen-bond donors (Lipinski definition) is 1. The van der Waals surface area contributed by atoms with Gasteiger partial charge in [-0.3, -0.25) is 0 Å². The maximum atomic E-state index is 10.6. The van der Waals surface area contributed by atoms with Gasteiger partial charge in [-0.2, -0.15) is 0 Å². The highest BCUT2D eigenvalue weighted by Gasteiger charge is 2.12. The average molecular weight is 311 g/mol. The van der Waals surface area contributed by atoms with E-state index in [-0.39, 0.29) is 15.9 Å². The third-order valence-corrected chi connectivity index (χ3v) is 3.24. The lowest BCUT2D eigenvalue weighted by atomic mass is 10.1. The SMILES string of the molecule is Nc1ccc(Cc2nc(Cl)c(CC(=O)[O-])c(Cl)n2)cc1. The van der Waals surface area contributed by atoms with E-state index in [1.807, 2.05) is 12.1 Å². The zero-order chi connectivity index (χ0) is 14.7. The van der Waals surface area contributed by atoms with E-state index in [2.05, 4.69) is 9.97 Å². The van der Waals surface area contributed by atoms with E-state index in [4.69, 9.17) is 28.9 Å². The van der Waals surface area contributed by atoms with Gasteiger partial charge in [-0.1, -0.05) is 35.3 Å². The van der Waals surface area contributed by atoms with Gasteiger partial charge in [-0.25, -0.2) is 9.97 Å². The summed E-state index contributed by atoms with van der Waals surface area (Å²) in [5.74, 6) is -0.879. The maximum Gasteiger partial charge on any atom is 0.137 e. The van der Waals surface area contributed by atoms with E-state index >= 15 is 0 Å². The first kappa shape index (κ1) is 14.6. The minimum atomic E-state index is -1.29. The monoisotopic (exact) mass is 310 g/mol. The number of rotatable bonds is 4. The number of halogens is 2. The number of carboxylic acids is 1. The van der Waals surface area contributed by atoms with Gasteiger partial charge in [0.05, 0.1) is 0 Å². The number of anilines is 1. The highest BCUT2D eigenvalue weighted by atomic mass is 35.5. The van der Waals surface area contributed by atoms with Gasteiger partial charge < -0.3 is 15.6 Å². The molecular formula is C13H10Cl2N3O2-. The summed E-state index contributed by atoms with van der Waals surface area (Å²) in [7, 11) is 0. The molecule has 0 saturated heterocycles. The Hall–Kier alpha value is -1.85. The molecule has 5 nitrogen and oxygen atoms in total. The van der Waals surface area contributed by atoms with E-state index < -0.39 is 12.4 Å². The predicted octanol–water partition coefficient (Wildman–Crippen LogP) is 1.25. The predicted molar refractivity (Wildman–Crippen MR) is 74.4 cm³/mol. The Kier molecular flexibility index (Phi) is 4.42. The van der Waals surface area contributed by atoms with Crippen molar-refractivity contribution < 1.29 is 9.90 Å². The minimum absolute atomic E-state index is 0.0274. The van der Waals surface area contributed by atoms with Crippen molar-refractivity contribution in [3.63, 3.8) is 0 Å². The number of hydrogen-bond acceptors (Lipinski definition) is 5. The molecule has 0 aliphatic rings. The largest absolute Gasteiger partial charge is 0.550 e. The molecule has 1 heterocycles. The molecular weight excluding hydrogens is 301 g/mol. The Morgan fingerprint density at radius 1 is 1.15 bits per heavy atom. The molecule has 7 heteroatoms. The van der Waals surface area contributed by atoms with Crippen molar-refractivity contribution in [3.8, 4) is 0 Å². The summed E-state index contributed by atoms with van der Waals surface area (Å²) in [6.07, 6.45) is 0.00510. The Morgan fingerprint density at radius 2 is 1.70 bits per heavy atom. The first-order valence-electron chi connectivity index (χ1n) is 5.70. The van der Waals surface area contributed by atoms with Crippen LogP contribution in [0, 0.1) is 0 Å². The van der Waals surface area contributed by atoms with E-state index in [9.17, 15) is 9.90 Å². The minimum Gasteiger partial charge on any atom is -0.550 e. The van der Waals surface area contributed by atoms with Crippen LogP contribution in [-0.2, 0) is 17.6 Å². The van der Waals surface area contributed by atoms with Gasteiger partial charge in [-0.05, 0) is 17.7 Å². The molecule has 0 fully saturated rings. The summed E-state index contributed by atoms with van der Waals surface area (Å²) in [6.45, 7) is 0. The van der Waals surface area contributed by atoms with Crippen LogP contribution in [0.15, 0.2) is 24.3 Å². The molecule has 2 aromatic rings. The van der Waals surface area contributed by atoms with Crippen LogP contribution in [0.2, 0.25) is 10.3 Å². The number of carbonyl (C=O) groups excluding carboxylic acids is 1. The number of aromatic nitrogens is 2. The lowest BCUT2D eigenvalue weighted by Gasteiger charge is -2.09. The zero-order valence-corrected chi connectivity index (χ0v) is 11.8. The first-order valence-corrected chi connectivity index (χ1v) is 6.46. The fraction of sp³-hybridized carbons (Fsp3) is 0.154. The smallest absolute Gasteiger partial charge is 0.137 e. The second kappa shape index (κ2) is 6.07. The number of aliphatic carboxylic acids is 1. The third kappa shape index (κ3) is 3.59. The van der Waals surface area contributed by atoms with E-state index in [1.54, 1.807) is 12.1 Å². The first-order chi connectivity index (χ1) is 9.45. The molecule has 0 spiro atoms. The second-order valence-electron chi connectivity index (χ2n) is 4.17. The van der Waals surface area contributed by atoms with Gasteiger partial charge in [-0.15, -0.1) is 0 Å². The molecule has 0 saturated carbocycles. The highest BCUT2D eigenvalue weighted by molar-refractivity contribution is 6.34. The van der Waals surface area contributed by atoms with E-state index in [0.29, 0.717) is 17.9 Å². The fourth-order valence-corrected chi connectivity index (χ4v) is 2.22. The van der Waals surface area contributed by atoms with Crippen molar-refractivity contribution in [1.29, 1.82) is 0 Å². The lowest BCUT2D eigenvalue weighted by molar-refractivity contribution is -0.304. The maximum absolute atomic E-state index is 10.6. The van der Waals surface area contributed by atoms with E-state index in [0.717, 1.165) is 5.56 Å². The Bertz CT molecular complexity index is 622. The quantitative estimate of drug-likeness (QED) is 0.677. The van der Waals surface area contributed by atoms with Crippen LogP contribution in [-0.4, -0.2) is 15.9 Å². The number of nitrogen functional groups attached to an aromatic ring is 1. The molecule has 0 unspecified atom stereocenters. The van der Waals surface area contributed by atoms with Crippen molar-refractivity contribution in [2.45, 2.75) is 12.8 Å². The number of carboxylic acid groups (broad SMARTS) is 1. The highest BCUT2D eigenvalue weighted by Crippen LogP contribution is 2.22. The normalized spacial score (nSPS) is 10.5. The third-order valence-electron chi connectivity index (χ3n) is 2.62. The molecule has 2 N–H and O–H groups in total. The van der Waals surface area contributed by atoms with Gasteiger partial charge in [0.25, 0.3) is 0 Å². The van der Waals surface area contributed by atoms with Gasteiger partial charge >= 0.3 is 0 Å².